The summed E-state index contributed by atoms with van der Waals surface area (Å²) >= 11 is 0. The topological polar surface area (TPSA) is 35.6 Å². The van der Waals surface area contributed by atoms with Crippen LogP contribution in [0.4, 0.5) is 0 Å². The Morgan fingerprint density at radius 1 is 1.16 bits per heavy atom. The van der Waals surface area contributed by atoms with E-state index in [2.05, 4.69) is 10.2 Å². The predicted molar refractivity (Wildman–Crippen MR) is 78.2 cm³/mol. The molecule has 4 heteroatoms. The van der Waals surface area contributed by atoms with Gasteiger partial charge in [0.1, 0.15) is 0 Å². The van der Waals surface area contributed by atoms with Crippen molar-refractivity contribution in [1.82, 2.24) is 15.1 Å². The number of likely N-dealkylation sites (N-methyl/N-ethyl adjacent to an activating group) is 1. The Balaban J connectivity index is 1.74. The summed E-state index contributed by atoms with van der Waals surface area (Å²) < 4.78 is 0. The van der Waals surface area contributed by atoms with Crippen molar-refractivity contribution in [2.45, 2.75) is 57.0 Å². The molecule has 2 aliphatic rings. The lowest BCUT2D eigenvalue weighted by Gasteiger charge is -2.35. The van der Waals surface area contributed by atoms with Crippen molar-refractivity contribution in [2.24, 2.45) is 0 Å². The molecule has 0 aromatic heterocycles. The number of nitrogens with zero attached hydrogens (tertiary/aromatic N) is 2. The second-order valence-electron chi connectivity index (χ2n) is 6.14. The van der Waals surface area contributed by atoms with Gasteiger partial charge in [0.15, 0.2) is 0 Å². The Morgan fingerprint density at radius 2 is 1.79 bits per heavy atom. The van der Waals surface area contributed by atoms with E-state index in [0.29, 0.717) is 24.5 Å². The van der Waals surface area contributed by atoms with Gasteiger partial charge in [0.2, 0.25) is 5.91 Å². The summed E-state index contributed by atoms with van der Waals surface area (Å²) in [5.74, 6) is 0.315. The first-order valence-corrected chi connectivity index (χ1v) is 7.86. The van der Waals surface area contributed by atoms with Gasteiger partial charge in [-0.25, -0.2) is 0 Å². The summed E-state index contributed by atoms with van der Waals surface area (Å²) in [7, 11) is 4.03. The lowest BCUT2D eigenvalue weighted by atomic mass is 9.94. The molecule has 1 aliphatic heterocycles. The van der Waals surface area contributed by atoms with Crippen LogP contribution in [0.2, 0.25) is 0 Å². The second-order valence-corrected chi connectivity index (χ2v) is 6.14. The summed E-state index contributed by atoms with van der Waals surface area (Å²) in [4.78, 5) is 16.7. The summed E-state index contributed by atoms with van der Waals surface area (Å²) in [5, 5.41) is 3.33. The zero-order valence-corrected chi connectivity index (χ0v) is 12.5. The number of amides is 1. The predicted octanol–water partition coefficient (Wildman–Crippen LogP) is 1.46. The van der Waals surface area contributed by atoms with Crippen LogP contribution >= 0.6 is 0 Å². The van der Waals surface area contributed by atoms with Crippen LogP contribution in [0.15, 0.2) is 0 Å². The van der Waals surface area contributed by atoms with Gasteiger partial charge in [-0.15, -0.1) is 0 Å². The van der Waals surface area contributed by atoms with Crippen molar-refractivity contribution >= 4 is 5.91 Å². The summed E-state index contributed by atoms with van der Waals surface area (Å²) in [6.07, 6.45) is 8.64. The molecule has 4 nitrogen and oxygen atoms in total. The molecule has 1 N–H and O–H groups in total. The maximum atomic E-state index is 12.3. The molecule has 19 heavy (non-hydrogen) atoms. The van der Waals surface area contributed by atoms with Gasteiger partial charge in [-0.3, -0.25) is 9.69 Å². The third-order valence-electron chi connectivity index (χ3n) is 4.87. The van der Waals surface area contributed by atoms with Crippen LogP contribution < -0.4 is 5.32 Å². The van der Waals surface area contributed by atoms with Crippen molar-refractivity contribution in [1.29, 1.82) is 0 Å². The van der Waals surface area contributed by atoms with Gasteiger partial charge >= 0.3 is 0 Å². The third kappa shape index (κ3) is 4.18. The molecule has 0 atom stereocenters. The standard InChI is InChI=1S/C15H29N3O/c1-16-13-8-10-18(11-9-13)12-15(19)17(2)14-6-4-3-5-7-14/h13-14,16H,3-12H2,1-2H3. The highest BCUT2D eigenvalue weighted by atomic mass is 16.2. The van der Waals surface area contributed by atoms with Gasteiger partial charge in [-0.05, 0) is 32.7 Å². The molecule has 110 valence electrons. The molecule has 0 unspecified atom stereocenters. The van der Waals surface area contributed by atoms with Gasteiger partial charge in [0.25, 0.3) is 0 Å². The quantitative estimate of drug-likeness (QED) is 0.837. The highest BCUT2D eigenvalue weighted by Gasteiger charge is 2.25. The first-order chi connectivity index (χ1) is 9.20. The average Bonchev–Trinajstić information content (AvgIpc) is 2.48. The van der Waals surface area contributed by atoms with E-state index >= 15 is 0 Å². The van der Waals surface area contributed by atoms with E-state index in [-0.39, 0.29) is 0 Å². The number of likely N-dealkylation sites (tertiary alicyclic amines) is 1. The molecule has 1 saturated carbocycles. The molecule has 2 rings (SSSR count). The van der Waals surface area contributed by atoms with Crippen LogP contribution in [0.25, 0.3) is 0 Å². The number of nitrogens with one attached hydrogen (secondary N) is 1. The number of carbonyl (C=O) groups is 1. The highest BCUT2D eigenvalue weighted by Crippen LogP contribution is 2.22. The smallest absolute Gasteiger partial charge is 0.236 e. The molecule has 1 saturated heterocycles. The number of hydrogen-bond acceptors (Lipinski definition) is 3. The zero-order chi connectivity index (χ0) is 13.7. The second kappa shape index (κ2) is 7.25. The zero-order valence-electron chi connectivity index (χ0n) is 12.5. The molecule has 1 aliphatic carbocycles. The number of carbonyl (C=O) groups excluding carboxylic acids is 1. The molecule has 0 radical (unpaired) electrons. The molecular formula is C15H29N3O. The molecule has 2 fully saturated rings. The molecule has 1 heterocycles. The van der Waals surface area contributed by atoms with E-state index in [9.17, 15) is 4.79 Å². The Morgan fingerprint density at radius 3 is 2.37 bits per heavy atom. The van der Waals surface area contributed by atoms with Crippen LogP contribution in [-0.4, -0.2) is 61.5 Å². The van der Waals surface area contributed by atoms with Crippen LogP contribution in [0.3, 0.4) is 0 Å². The van der Waals surface area contributed by atoms with E-state index in [4.69, 9.17) is 0 Å². The summed E-state index contributed by atoms with van der Waals surface area (Å²) in [5.41, 5.74) is 0. The molecular weight excluding hydrogens is 238 g/mol. The molecule has 0 aromatic rings. The van der Waals surface area contributed by atoms with Crippen LogP contribution in [0, 0.1) is 0 Å². The van der Waals surface area contributed by atoms with Crippen LogP contribution in [0.1, 0.15) is 44.9 Å². The summed E-state index contributed by atoms with van der Waals surface area (Å²) in [6, 6.07) is 1.14. The van der Waals surface area contributed by atoms with Gasteiger partial charge in [0, 0.05) is 32.2 Å². The van der Waals surface area contributed by atoms with Crippen LogP contribution in [0.5, 0.6) is 0 Å². The van der Waals surface area contributed by atoms with Gasteiger partial charge in [0.05, 0.1) is 6.54 Å². The van der Waals surface area contributed by atoms with Gasteiger partial charge in [-0.2, -0.15) is 0 Å². The van der Waals surface area contributed by atoms with E-state index in [1.54, 1.807) is 0 Å². The minimum atomic E-state index is 0.315. The van der Waals surface area contributed by atoms with Gasteiger partial charge in [-0.1, -0.05) is 19.3 Å². The third-order valence-corrected chi connectivity index (χ3v) is 4.87. The number of piperidine rings is 1. The fourth-order valence-corrected chi connectivity index (χ4v) is 3.35. The van der Waals surface area contributed by atoms with E-state index in [1.165, 1.54) is 32.1 Å². The Labute approximate surface area is 117 Å². The maximum absolute atomic E-state index is 12.3. The van der Waals surface area contributed by atoms with Crippen molar-refractivity contribution in [2.75, 3.05) is 33.7 Å². The minimum absolute atomic E-state index is 0.315. The van der Waals surface area contributed by atoms with Crippen molar-refractivity contribution in [3.8, 4) is 0 Å². The SMILES string of the molecule is CNC1CCN(CC(=O)N(C)C2CCCCC2)CC1. The largest absolute Gasteiger partial charge is 0.342 e. The van der Waals surface area contributed by atoms with Gasteiger partial charge < -0.3 is 10.2 Å². The monoisotopic (exact) mass is 267 g/mol. The highest BCUT2D eigenvalue weighted by molar-refractivity contribution is 5.78. The van der Waals surface area contributed by atoms with Crippen molar-refractivity contribution in [3.63, 3.8) is 0 Å². The minimum Gasteiger partial charge on any atom is -0.342 e. The Kier molecular flexibility index (Phi) is 5.64. The lowest BCUT2D eigenvalue weighted by Crippen LogP contribution is -2.48. The first kappa shape index (κ1) is 14.8. The molecule has 0 aromatic carbocycles. The average molecular weight is 267 g/mol. The number of rotatable bonds is 4. The van der Waals surface area contributed by atoms with Crippen LogP contribution in [-0.2, 0) is 4.79 Å². The lowest BCUT2D eigenvalue weighted by molar-refractivity contribution is -0.134. The number of hydrogen-bond donors (Lipinski definition) is 1. The first-order valence-electron chi connectivity index (χ1n) is 7.86. The Hall–Kier alpha value is -0.610. The fourth-order valence-electron chi connectivity index (χ4n) is 3.35. The van der Waals surface area contributed by atoms with E-state index in [0.717, 1.165) is 25.9 Å². The fraction of sp³-hybridized carbons (Fsp3) is 0.933. The van der Waals surface area contributed by atoms with Crippen molar-refractivity contribution < 1.29 is 4.79 Å². The normalized spacial score (nSPS) is 23.5. The molecule has 0 bridgehead atoms. The molecule has 1 amide bonds. The van der Waals surface area contributed by atoms with E-state index < -0.39 is 0 Å². The van der Waals surface area contributed by atoms with E-state index in [1.807, 2.05) is 19.0 Å². The maximum Gasteiger partial charge on any atom is 0.236 e. The summed E-state index contributed by atoms with van der Waals surface area (Å²) in [6.45, 7) is 2.72. The molecule has 0 spiro atoms. The van der Waals surface area contributed by atoms with Crippen molar-refractivity contribution in [3.05, 3.63) is 0 Å². The Bertz CT molecular complexity index is 281.